The van der Waals surface area contributed by atoms with Gasteiger partial charge in [0.15, 0.2) is 5.12 Å². The summed E-state index contributed by atoms with van der Waals surface area (Å²) >= 11 is 6.27. The maximum Gasteiger partial charge on any atom is 0.194 e. The fourth-order valence-corrected chi connectivity index (χ4v) is 2.28. The van der Waals surface area contributed by atoms with E-state index in [4.69, 9.17) is 17.5 Å². The van der Waals surface area contributed by atoms with Gasteiger partial charge in [-0.25, -0.2) is 0 Å². The SMILES string of the molecule is CC(C#N)CCC(=O)SC(=S)c1ccccc1. The molecular weight excluding hydrogens is 250 g/mol. The summed E-state index contributed by atoms with van der Waals surface area (Å²) < 4.78 is 0.597. The number of thioether (sulfide) groups is 1. The molecule has 1 unspecified atom stereocenters. The molecule has 17 heavy (non-hydrogen) atoms. The van der Waals surface area contributed by atoms with Crippen molar-refractivity contribution in [2.24, 2.45) is 5.92 Å². The molecule has 0 aliphatic rings. The van der Waals surface area contributed by atoms with Gasteiger partial charge in [-0.05, 0) is 30.7 Å². The predicted molar refractivity (Wildman–Crippen MR) is 74.8 cm³/mol. The van der Waals surface area contributed by atoms with Gasteiger partial charge in [0.05, 0.1) is 10.3 Å². The Hall–Kier alpha value is -1.18. The maximum absolute atomic E-state index is 11.6. The molecule has 0 aliphatic carbocycles. The van der Waals surface area contributed by atoms with Crippen LogP contribution in [0.3, 0.4) is 0 Å². The zero-order valence-corrected chi connectivity index (χ0v) is 11.2. The fourth-order valence-electron chi connectivity index (χ4n) is 1.19. The second-order valence-electron chi connectivity index (χ2n) is 3.70. The Balaban J connectivity index is 2.42. The minimum absolute atomic E-state index is 0.0287. The van der Waals surface area contributed by atoms with Gasteiger partial charge in [-0.3, -0.25) is 4.79 Å². The fraction of sp³-hybridized carbons (Fsp3) is 0.308. The molecule has 0 spiro atoms. The van der Waals surface area contributed by atoms with Crippen molar-refractivity contribution in [3.63, 3.8) is 0 Å². The van der Waals surface area contributed by atoms with Gasteiger partial charge < -0.3 is 0 Å². The third-order valence-corrected chi connectivity index (χ3v) is 3.56. The van der Waals surface area contributed by atoms with Crippen molar-refractivity contribution >= 4 is 33.3 Å². The molecule has 1 atom stereocenters. The van der Waals surface area contributed by atoms with E-state index in [0.29, 0.717) is 17.0 Å². The third kappa shape index (κ3) is 5.12. The highest BCUT2D eigenvalue weighted by molar-refractivity contribution is 8.33. The van der Waals surface area contributed by atoms with Gasteiger partial charge in [-0.1, -0.05) is 42.5 Å². The highest BCUT2D eigenvalue weighted by Gasteiger charge is 2.10. The van der Waals surface area contributed by atoms with Crippen molar-refractivity contribution in [2.45, 2.75) is 19.8 Å². The molecule has 88 valence electrons. The number of hydrogen-bond acceptors (Lipinski definition) is 4. The molecule has 0 saturated heterocycles. The first-order chi connectivity index (χ1) is 8.13. The molecule has 0 heterocycles. The monoisotopic (exact) mass is 263 g/mol. The van der Waals surface area contributed by atoms with Crippen molar-refractivity contribution < 1.29 is 4.79 Å². The highest BCUT2D eigenvalue weighted by Crippen LogP contribution is 2.18. The van der Waals surface area contributed by atoms with Crippen LogP contribution in [0.25, 0.3) is 0 Å². The summed E-state index contributed by atoms with van der Waals surface area (Å²) in [7, 11) is 0. The van der Waals surface area contributed by atoms with Crippen LogP contribution in [0, 0.1) is 17.2 Å². The summed E-state index contributed by atoms with van der Waals surface area (Å²) in [6.07, 6.45) is 0.992. The van der Waals surface area contributed by atoms with E-state index in [1.807, 2.05) is 37.3 Å². The molecule has 4 heteroatoms. The van der Waals surface area contributed by atoms with Gasteiger partial charge in [-0.15, -0.1) is 0 Å². The van der Waals surface area contributed by atoms with E-state index in [0.717, 1.165) is 17.3 Å². The lowest BCUT2D eigenvalue weighted by Crippen LogP contribution is -2.01. The van der Waals surface area contributed by atoms with Crippen LogP contribution in [0.5, 0.6) is 0 Å². The zero-order valence-electron chi connectivity index (χ0n) is 9.55. The van der Waals surface area contributed by atoms with E-state index >= 15 is 0 Å². The summed E-state index contributed by atoms with van der Waals surface area (Å²) in [4.78, 5) is 11.6. The molecule has 0 aromatic heterocycles. The van der Waals surface area contributed by atoms with Gasteiger partial charge >= 0.3 is 0 Å². The molecule has 1 aromatic rings. The Morgan fingerprint density at radius 1 is 1.47 bits per heavy atom. The number of nitriles is 1. The number of hydrogen-bond donors (Lipinski definition) is 0. The number of carbonyl (C=O) groups is 1. The van der Waals surface area contributed by atoms with Crippen LogP contribution in [0.2, 0.25) is 0 Å². The van der Waals surface area contributed by atoms with E-state index in [1.54, 1.807) is 0 Å². The number of benzene rings is 1. The Labute approximate surface area is 111 Å². The van der Waals surface area contributed by atoms with Gasteiger partial charge in [0, 0.05) is 12.3 Å². The number of carbonyl (C=O) groups excluding carboxylic acids is 1. The van der Waals surface area contributed by atoms with Crippen LogP contribution >= 0.6 is 24.0 Å². The van der Waals surface area contributed by atoms with Crippen molar-refractivity contribution in [3.05, 3.63) is 35.9 Å². The summed E-state index contributed by atoms with van der Waals surface area (Å²) in [5, 5.41) is 8.64. The number of rotatable bonds is 4. The Morgan fingerprint density at radius 3 is 2.71 bits per heavy atom. The Bertz CT molecular complexity index is 436. The van der Waals surface area contributed by atoms with Crippen molar-refractivity contribution in [1.29, 1.82) is 5.26 Å². The van der Waals surface area contributed by atoms with Crippen LogP contribution in [0.4, 0.5) is 0 Å². The van der Waals surface area contributed by atoms with Crippen LogP contribution in [0.15, 0.2) is 30.3 Å². The van der Waals surface area contributed by atoms with Gasteiger partial charge in [0.1, 0.15) is 0 Å². The summed E-state index contributed by atoms with van der Waals surface area (Å²) in [5.74, 6) is -0.0788. The first-order valence-electron chi connectivity index (χ1n) is 5.33. The molecule has 0 bridgehead atoms. The first kappa shape index (κ1) is 13.9. The van der Waals surface area contributed by atoms with Gasteiger partial charge in [0.2, 0.25) is 0 Å². The zero-order chi connectivity index (χ0) is 12.7. The van der Waals surface area contributed by atoms with Gasteiger partial charge in [-0.2, -0.15) is 5.26 Å². The number of thiocarbonyl (C=S) groups is 1. The quantitative estimate of drug-likeness (QED) is 0.779. The Morgan fingerprint density at radius 2 is 2.12 bits per heavy atom. The molecule has 0 fully saturated rings. The molecule has 1 aromatic carbocycles. The lowest BCUT2D eigenvalue weighted by atomic mass is 10.1. The average molecular weight is 263 g/mol. The molecule has 0 radical (unpaired) electrons. The molecule has 1 rings (SSSR count). The normalized spacial score (nSPS) is 11.5. The van der Waals surface area contributed by atoms with E-state index < -0.39 is 0 Å². The molecular formula is C13H13NOS2. The number of nitrogens with zero attached hydrogens (tertiary/aromatic N) is 1. The molecule has 0 aliphatic heterocycles. The van der Waals surface area contributed by atoms with Crippen LogP contribution in [-0.2, 0) is 4.79 Å². The summed E-state index contributed by atoms with van der Waals surface area (Å²) in [6.45, 7) is 1.81. The van der Waals surface area contributed by atoms with Crippen molar-refractivity contribution in [1.82, 2.24) is 0 Å². The van der Waals surface area contributed by atoms with Gasteiger partial charge in [0.25, 0.3) is 0 Å². The smallest absolute Gasteiger partial charge is 0.194 e. The lowest BCUT2D eigenvalue weighted by Gasteiger charge is -2.03. The standard InChI is InChI=1S/C13H13NOS2/c1-10(9-14)7-8-12(15)17-13(16)11-5-3-2-4-6-11/h2-6,10H,7-8H2,1H3. The van der Waals surface area contributed by atoms with E-state index in [9.17, 15) is 4.79 Å². The topological polar surface area (TPSA) is 40.9 Å². The lowest BCUT2D eigenvalue weighted by molar-refractivity contribution is -0.111. The molecule has 0 saturated carbocycles. The third-order valence-electron chi connectivity index (χ3n) is 2.22. The minimum atomic E-state index is -0.0788. The summed E-state index contributed by atoms with van der Waals surface area (Å²) in [6, 6.07) is 11.6. The first-order valence-corrected chi connectivity index (χ1v) is 6.55. The molecule has 2 nitrogen and oxygen atoms in total. The highest BCUT2D eigenvalue weighted by atomic mass is 32.2. The van der Waals surface area contributed by atoms with E-state index in [1.165, 1.54) is 0 Å². The molecule has 0 N–H and O–H groups in total. The van der Waals surface area contributed by atoms with E-state index in [-0.39, 0.29) is 11.0 Å². The predicted octanol–water partition coefficient (Wildman–Crippen LogP) is 3.56. The second-order valence-corrected chi connectivity index (χ2v) is 5.43. The summed E-state index contributed by atoms with van der Waals surface area (Å²) in [5.41, 5.74) is 0.897. The minimum Gasteiger partial charge on any atom is -0.287 e. The average Bonchev–Trinajstić information content (AvgIpc) is 2.36. The maximum atomic E-state index is 11.6. The Kier molecular flexibility index (Phi) is 5.88. The second kappa shape index (κ2) is 7.21. The van der Waals surface area contributed by atoms with E-state index in [2.05, 4.69) is 6.07 Å². The van der Waals surface area contributed by atoms with Crippen molar-refractivity contribution in [3.8, 4) is 6.07 Å². The largest absolute Gasteiger partial charge is 0.287 e. The van der Waals surface area contributed by atoms with Crippen molar-refractivity contribution in [2.75, 3.05) is 0 Å². The van der Waals surface area contributed by atoms with Crippen LogP contribution in [-0.4, -0.2) is 9.31 Å². The molecule has 0 amide bonds. The van der Waals surface area contributed by atoms with Crippen LogP contribution < -0.4 is 0 Å². The van der Waals surface area contributed by atoms with Crippen LogP contribution in [0.1, 0.15) is 25.3 Å².